The van der Waals surface area contributed by atoms with Gasteiger partial charge in [-0.3, -0.25) is 0 Å². The Bertz CT molecular complexity index is 80.6. The SMILES string of the molecule is C=CBr.C=CC#N. The lowest BCUT2D eigenvalue weighted by atomic mass is 10.8. The molecule has 0 saturated carbocycles. The van der Waals surface area contributed by atoms with E-state index in [9.17, 15) is 0 Å². The van der Waals surface area contributed by atoms with Crippen molar-refractivity contribution >= 4 is 15.9 Å². The van der Waals surface area contributed by atoms with Gasteiger partial charge in [-0.2, -0.15) is 5.26 Å². The van der Waals surface area contributed by atoms with Crippen LogP contribution in [0.4, 0.5) is 0 Å². The largest absolute Gasteiger partial charge is 0.193 e. The number of allylic oxidation sites excluding steroid dienone is 1. The summed E-state index contributed by atoms with van der Waals surface area (Å²) < 4.78 is 0. The van der Waals surface area contributed by atoms with Crippen molar-refractivity contribution in [2.75, 3.05) is 0 Å². The zero-order valence-corrected chi connectivity index (χ0v) is 5.48. The molecule has 0 atom stereocenters. The Labute approximate surface area is 52.1 Å². The minimum absolute atomic E-state index is 1.18. The van der Waals surface area contributed by atoms with Gasteiger partial charge in [0.25, 0.3) is 0 Å². The van der Waals surface area contributed by atoms with Gasteiger partial charge in [-0.05, 0) is 4.99 Å². The summed E-state index contributed by atoms with van der Waals surface area (Å²) in [6, 6.07) is 1.69. The van der Waals surface area contributed by atoms with Crippen LogP contribution in [0, 0.1) is 11.3 Å². The molecule has 2 heteroatoms. The van der Waals surface area contributed by atoms with E-state index in [0.717, 1.165) is 0 Å². The van der Waals surface area contributed by atoms with Crippen molar-refractivity contribution in [1.29, 1.82) is 5.26 Å². The van der Waals surface area contributed by atoms with Gasteiger partial charge in [0.05, 0.1) is 6.07 Å². The van der Waals surface area contributed by atoms with E-state index in [2.05, 4.69) is 29.1 Å². The van der Waals surface area contributed by atoms with Crippen molar-refractivity contribution in [3.05, 3.63) is 24.2 Å². The first-order chi connectivity index (χ1) is 3.33. The molecule has 0 aliphatic heterocycles. The van der Waals surface area contributed by atoms with Crippen LogP contribution in [0.15, 0.2) is 24.2 Å². The van der Waals surface area contributed by atoms with E-state index in [1.807, 2.05) is 0 Å². The molecular weight excluding hydrogens is 154 g/mol. The Kier molecular flexibility index (Phi) is 24.8. The maximum Gasteiger partial charge on any atom is 0.0905 e. The van der Waals surface area contributed by atoms with Gasteiger partial charge in [0.2, 0.25) is 0 Å². The number of hydrogen-bond acceptors (Lipinski definition) is 1. The van der Waals surface area contributed by atoms with E-state index in [4.69, 9.17) is 5.26 Å². The summed E-state index contributed by atoms with van der Waals surface area (Å²) in [5.74, 6) is 0. The van der Waals surface area contributed by atoms with Crippen molar-refractivity contribution in [1.82, 2.24) is 0 Å². The highest BCUT2D eigenvalue weighted by Gasteiger charge is 1.34. The monoisotopic (exact) mass is 159 g/mol. The van der Waals surface area contributed by atoms with Gasteiger partial charge in [-0.25, -0.2) is 0 Å². The molecule has 38 valence electrons. The van der Waals surface area contributed by atoms with Gasteiger partial charge < -0.3 is 0 Å². The standard InChI is InChI=1S/C3H3N.C2H3Br/c1-2-3-4;1-2-3/h2H,1H2;2H,1H2. The molecule has 0 aromatic heterocycles. The van der Waals surface area contributed by atoms with E-state index in [1.165, 1.54) is 6.08 Å². The van der Waals surface area contributed by atoms with E-state index in [-0.39, 0.29) is 0 Å². The molecule has 0 unspecified atom stereocenters. The Morgan fingerprint density at radius 3 is 1.71 bits per heavy atom. The molecule has 0 aromatic carbocycles. The summed E-state index contributed by atoms with van der Waals surface area (Å²) in [7, 11) is 0. The molecule has 7 heavy (non-hydrogen) atoms. The second-order valence-corrected chi connectivity index (χ2v) is 1.14. The first kappa shape index (κ1) is 9.67. The summed E-state index contributed by atoms with van der Waals surface area (Å²) in [4.78, 5) is 1.56. The van der Waals surface area contributed by atoms with Gasteiger partial charge in [0.15, 0.2) is 0 Å². The maximum absolute atomic E-state index is 7.51. The van der Waals surface area contributed by atoms with Crippen LogP contribution in [-0.2, 0) is 0 Å². The van der Waals surface area contributed by atoms with E-state index in [1.54, 1.807) is 11.1 Å². The zero-order valence-electron chi connectivity index (χ0n) is 3.89. The molecule has 0 rings (SSSR count). The van der Waals surface area contributed by atoms with E-state index >= 15 is 0 Å². The van der Waals surface area contributed by atoms with Crippen LogP contribution in [0.2, 0.25) is 0 Å². The third-order valence-corrected chi connectivity index (χ3v) is 0.0913. The molecule has 0 bridgehead atoms. The average Bonchev–Trinajstić information content (AvgIpc) is 1.69. The smallest absolute Gasteiger partial charge is 0.0905 e. The third kappa shape index (κ3) is 320. The fourth-order valence-corrected chi connectivity index (χ4v) is 0. The van der Waals surface area contributed by atoms with Crippen LogP contribution in [-0.4, -0.2) is 0 Å². The molecule has 0 aromatic rings. The fourth-order valence-electron chi connectivity index (χ4n) is 0. The molecule has 0 amide bonds. The van der Waals surface area contributed by atoms with Crippen molar-refractivity contribution in [3.63, 3.8) is 0 Å². The summed E-state index contributed by atoms with van der Waals surface area (Å²) in [6.45, 7) is 6.40. The van der Waals surface area contributed by atoms with Gasteiger partial charge in [0, 0.05) is 6.08 Å². The highest BCUT2D eigenvalue weighted by molar-refractivity contribution is 9.11. The van der Waals surface area contributed by atoms with Crippen LogP contribution in [0.25, 0.3) is 0 Å². The minimum Gasteiger partial charge on any atom is -0.193 e. The third-order valence-electron chi connectivity index (χ3n) is 0.0913. The minimum atomic E-state index is 1.18. The molecule has 0 fully saturated rings. The second-order valence-electron chi connectivity index (χ2n) is 0.488. The lowest BCUT2D eigenvalue weighted by Gasteiger charge is -1.31. The molecule has 1 nitrogen and oxygen atoms in total. The van der Waals surface area contributed by atoms with Crippen LogP contribution in [0.5, 0.6) is 0 Å². The van der Waals surface area contributed by atoms with Crippen molar-refractivity contribution in [3.8, 4) is 6.07 Å². The number of hydrogen-bond donors (Lipinski definition) is 0. The van der Waals surface area contributed by atoms with Crippen LogP contribution in [0.3, 0.4) is 0 Å². The van der Waals surface area contributed by atoms with Gasteiger partial charge >= 0.3 is 0 Å². The Hall–Kier alpha value is -0.550. The molecule has 0 spiro atoms. The molecule has 0 N–H and O–H groups in total. The Balaban J connectivity index is 0. The second kappa shape index (κ2) is 18.0. The van der Waals surface area contributed by atoms with Crippen molar-refractivity contribution in [2.24, 2.45) is 0 Å². The number of rotatable bonds is 0. The normalized spacial score (nSPS) is 4.00. The predicted octanol–water partition coefficient (Wildman–Crippen LogP) is 2.22. The molecule has 0 aliphatic carbocycles. The number of nitrogens with zero attached hydrogens (tertiary/aromatic N) is 1. The zero-order chi connectivity index (χ0) is 6.12. The van der Waals surface area contributed by atoms with E-state index in [0.29, 0.717) is 0 Å². The van der Waals surface area contributed by atoms with Gasteiger partial charge in [0.1, 0.15) is 0 Å². The summed E-state index contributed by atoms with van der Waals surface area (Å²) >= 11 is 2.91. The average molecular weight is 160 g/mol. The lowest BCUT2D eigenvalue weighted by molar-refractivity contribution is 1.54. The topological polar surface area (TPSA) is 23.8 Å². The Morgan fingerprint density at radius 1 is 1.57 bits per heavy atom. The van der Waals surface area contributed by atoms with Crippen LogP contribution < -0.4 is 0 Å². The molecule has 0 aliphatic rings. The Morgan fingerprint density at radius 2 is 1.71 bits per heavy atom. The summed E-state index contributed by atoms with van der Waals surface area (Å²) in [6.07, 6.45) is 1.18. The predicted molar refractivity (Wildman–Crippen MR) is 34.9 cm³/mol. The van der Waals surface area contributed by atoms with Crippen LogP contribution in [0.1, 0.15) is 0 Å². The number of halogens is 1. The van der Waals surface area contributed by atoms with Gasteiger partial charge in [-0.15, -0.1) is 0 Å². The summed E-state index contributed by atoms with van der Waals surface area (Å²) in [5.41, 5.74) is 0. The van der Waals surface area contributed by atoms with Crippen molar-refractivity contribution < 1.29 is 0 Å². The first-order valence-electron chi connectivity index (χ1n) is 1.55. The van der Waals surface area contributed by atoms with Gasteiger partial charge in [-0.1, -0.05) is 29.1 Å². The molecule has 0 radical (unpaired) electrons. The highest BCUT2D eigenvalue weighted by Crippen LogP contribution is 1.68. The van der Waals surface area contributed by atoms with Crippen LogP contribution >= 0.6 is 15.9 Å². The number of nitriles is 1. The molecular formula is C5H6BrN. The summed E-state index contributed by atoms with van der Waals surface area (Å²) in [5, 5.41) is 7.51. The highest BCUT2D eigenvalue weighted by atomic mass is 79.9. The van der Waals surface area contributed by atoms with Crippen molar-refractivity contribution in [2.45, 2.75) is 0 Å². The fraction of sp³-hybridized carbons (Fsp3) is 0. The molecule has 0 saturated heterocycles. The maximum atomic E-state index is 7.51. The van der Waals surface area contributed by atoms with E-state index < -0.39 is 0 Å². The molecule has 0 heterocycles. The lowest BCUT2D eigenvalue weighted by Crippen LogP contribution is -1.23. The first-order valence-corrected chi connectivity index (χ1v) is 2.46. The quantitative estimate of drug-likeness (QED) is 0.498.